The van der Waals surface area contributed by atoms with Crippen LogP contribution in [-0.2, 0) is 14.6 Å². The average Bonchev–Trinajstić information content (AvgIpc) is 2.76. The third-order valence-electron chi connectivity index (χ3n) is 4.31. The number of hydrogen-bond donors (Lipinski definition) is 1. The lowest BCUT2D eigenvalue weighted by atomic mass is 9.92. The Morgan fingerprint density at radius 1 is 1.26 bits per heavy atom. The first-order chi connectivity index (χ1) is 9.02. The number of carbonyl (C=O) groups excluding carboxylic acids is 1. The number of amides is 1. The van der Waals surface area contributed by atoms with Gasteiger partial charge in [-0.05, 0) is 45.2 Å². The second-order valence-corrected chi connectivity index (χ2v) is 7.99. The van der Waals surface area contributed by atoms with Gasteiger partial charge in [-0.25, -0.2) is 8.42 Å². The molecule has 1 unspecified atom stereocenters. The molecule has 2 rings (SSSR count). The van der Waals surface area contributed by atoms with Gasteiger partial charge in [0, 0.05) is 13.1 Å². The first-order valence-corrected chi connectivity index (χ1v) is 8.98. The molecule has 0 spiro atoms. The molecule has 0 saturated carbocycles. The molecule has 0 aromatic carbocycles. The Bertz CT molecular complexity index is 414. The van der Waals surface area contributed by atoms with Gasteiger partial charge in [-0.15, -0.1) is 0 Å². The SMILES string of the molecule is CNCCC1CCN(C(=O)C2CCS(=O)(=O)C2)CC1. The van der Waals surface area contributed by atoms with Gasteiger partial charge in [0.05, 0.1) is 17.4 Å². The van der Waals surface area contributed by atoms with Crippen LogP contribution in [0.5, 0.6) is 0 Å². The minimum atomic E-state index is -2.96. The highest BCUT2D eigenvalue weighted by Crippen LogP contribution is 2.25. The Hall–Kier alpha value is -0.620. The molecular weight excluding hydrogens is 264 g/mol. The summed E-state index contributed by atoms with van der Waals surface area (Å²) in [6.45, 7) is 2.62. The summed E-state index contributed by atoms with van der Waals surface area (Å²) < 4.78 is 22.8. The monoisotopic (exact) mass is 288 g/mol. The summed E-state index contributed by atoms with van der Waals surface area (Å²) in [6.07, 6.45) is 3.77. The van der Waals surface area contributed by atoms with Gasteiger partial charge in [0.1, 0.15) is 0 Å². The fourth-order valence-corrected chi connectivity index (χ4v) is 4.77. The fraction of sp³-hybridized carbons (Fsp3) is 0.923. The number of nitrogens with one attached hydrogen (secondary N) is 1. The number of hydrogen-bond acceptors (Lipinski definition) is 4. The lowest BCUT2D eigenvalue weighted by Crippen LogP contribution is -2.42. The molecule has 2 aliphatic heterocycles. The molecule has 5 nitrogen and oxygen atoms in total. The number of carbonyl (C=O) groups is 1. The molecule has 1 N–H and O–H groups in total. The molecule has 19 heavy (non-hydrogen) atoms. The molecule has 0 aromatic rings. The van der Waals surface area contributed by atoms with Crippen LogP contribution in [0.3, 0.4) is 0 Å². The van der Waals surface area contributed by atoms with Crippen molar-refractivity contribution in [3.8, 4) is 0 Å². The van der Waals surface area contributed by atoms with Crippen LogP contribution in [0.2, 0.25) is 0 Å². The zero-order valence-corrected chi connectivity index (χ0v) is 12.4. The Kier molecular flexibility index (Phi) is 4.84. The van der Waals surface area contributed by atoms with Crippen molar-refractivity contribution in [3.63, 3.8) is 0 Å². The second kappa shape index (κ2) is 6.22. The van der Waals surface area contributed by atoms with Gasteiger partial charge in [-0.1, -0.05) is 0 Å². The summed E-state index contributed by atoms with van der Waals surface area (Å²) in [6, 6.07) is 0. The van der Waals surface area contributed by atoms with E-state index in [1.807, 2.05) is 11.9 Å². The molecule has 0 aromatic heterocycles. The normalized spacial score (nSPS) is 27.6. The van der Waals surface area contributed by atoms with Crippen LogP contribution in [0.4, 0.5) is 0 Å². The zero-order valence-electron chi connectivity index (χ0n) is 11.6. The van der Waals surface area contributed by atoms with E-state index >= 15 is 0 Å². The summed E-state index contributed by atoms with van der Waals surface area (Å²) in [5.74, 6) is 0.726. The van der Waals surface area contributed by atoms with E-state index in [1.54, 1.807) is 0 Å². The molecule has 2 fully saturated rings. The van der Waals surface area contributed by atoms with Crippen molar-refractivity contribution >= 4 is 15.7 Å². The van der Waals surface area contributed by atoms with Gasteiger partial charge in [0.2, 0.25) is 5.91 Å². The van der Waals surface area contributed by atoms with E-state index in [9.17, 15) is 13.2 Å². The van der Waals surface area contributed by atoms with Crippen LogP contribution < -0.4 is 5.32 Å². The number of nitrogens with zero attached hydrogens (tertiary/aromatic N) is 1. The molecule has 1 amide bonds. The topological polar surface area (TPSA) is 66.5 Å². The first kappa shape index (κ1) is 14.8. The number of rotatable bonds is 4. The lowest BCUT2D eigenvalue weighted by Gasteiger charge is -2.33. The maximum Gasteiger partial charge on any atom is 0.226 e. The molecule has 0 radical (unpaired) electrons. The third kappa shape index (κ3) is 3.92. The third-order valence-corrected chi connectivity index (χ3v) is 6.08. The van der Waals surface area contributed by atoms with E-state index in [0.29, 0.717) is 12.3 Å². The van der Waals surface area contributed by atoms with E-state index in [1.165, 1.54) is 0 Å². The molecule has 0 aliphatic carbocycles. The minimum Gasteiger partial charge on any atom is -0.342 e. The summed E-state index contributed by atoms with van der Waals surface area (Å²) in [5.41, 5.74) is 0. The van der Waals surface area contributed by atoms with E-state index in [2.05, 4.69) is 5.32 Å². The van der Waals surface area contributed by atoms with Gasteiger partial charge < -0.3 is 10.2 Å². The smallest absolute Gasteiger partial charge is 0.226 e. The molecule has 2 heterocycles. The Morgan fingerprint density at radius 2 is 1.95 bits per heavy atom. The molecule has 0 bridgehead atoms. The van der Waals surface area contributed by atoms with Crippen molar-refractivity contribution in [1.29, 1.82) is 0 Å². The quantitative estimate of drug-likeness (QED) is 0.806. The number of piperidine rings is 1. The predicted molar refractivity (Wildman–Crippen MR) is 74.6 cm³/mol. The second-order valence-electron chi connectivity index (χ2n) is 5.76. The van der Waals surface area contributed by atoms with Crippen molar-refractivity contribution in [3.05, 3.63) is 0 Å². The van der Waals surface area contributed by atoms with Gasteiger partial charge >= 0.3 is 0 Å². The van der Waals surface area contributed by atoms with Crippen molar-refractivity contribution in [2.75, 3.05) is 38.2 Å². The number of sulfone groups is 1. The van der Waals surface area contributed by atoms with E-state index in [4.69, 9.17) is 0 Å². The summed E-state index contributed by atoms with van der Waals surface area (Å²) in [4.78, 5) is 14.1. The molecule has 6 heteroatoms. The van der Waals surface area contributed by atoms with E-state index in [-0.39, 0.29) is 23.3 Å². The average molecular weight is 288 g/mol. The van der Waals surface area contributed by atoms with Crippen molar-refractivity contribution in [1.82, 2.24) is 10.2 Å². The standard InChI is InChI=1S/C13H24N2O3S/c1-14-6-2-11-3-7-15(8-4-11)13(16)12-5-9-19(17,18)10-12/h11-12,14H,2-10H2,1H3. The Morgan fingerprint density at radius 3 is 2.47 bits per heavy atom. The van der Waals surface area contributed by atoms with Crippen LogP contribution in [0.1, 0.15) is 25.7 Å². The largest absolute Gasteiger partial charge is 0.342 e. The highest BCUT2D eigenvalue weighted by Gasteiger charge is 2.36. The van der Waals surface area contributed by atoms with E-state index in [0.717, 1.165) is 38.9 Å². The summed E-state index contributed by atoms with van der Waals surface area (Å²) in [5, 5.41) is 3.16. The fourth-order valence-electron chi connectivity index (χ4n) is 3.04. The minimum absolute atomic E-state index is 0.0610. The van der Waals surface area contributed by atoms with Gasteiger partial charge in [-0.3, -0.25) is 4.79 Å². The van der Waals surface area contributed by atoms with Gasteiger partial charge in [-0.2, -0.15) is 0 Å². The highest BCUT2D eigenvalue weighted by atomic mass is 32.2. The predicted octanol–water partition coefficient (Wildman–Crippen LogP) is 0.269. The van der Waals surface area contributed by atoms with Crippen LogP contribution in [0, 0.1) is 11.8 Å². The van der Waals surface area contributed by atoms with Crippen LogP contribution in [0.25, 0.3) is 0 Å². The van der Waals surface area contributed by atoms with Crippen molar-refractivity contribution < 1.29 is 13.2 Å². The molecule has 2 aliphatic rings. The maximum absolute atomic E-state index is 12.3. The summed E-state index contributed by atoms with van der Waals surface area (Å²) in [7, 11) is -1.00. The molecule has 110 valence electrons. The Balaban J connectivity index is 1.80. The molecular formula is C13H24N2O3S. The first-order valence-electron chi connectivity index (χ1n) is 7.15. The van der Waals surface area contributed by atoms with Crippen LogP contribution in [-0.4, -0.2) is 57.4 Å². The number of likely N-dealkylation sites (tertiary alicyclic amines) is 1. The van der Waals surface area contributed by atoms with Crippen LogP contribution >= 0.6 is 0 Å². The van der Waals surface area contributed by atoms with E-state index < -0.39 is 9.84 Å². The lowest BCUT2D eigenvalue weighted by molar-refractivity contribution is -0.136. The van der Waals surface area contributed by atoms with Gasteiger partial charge in [0.25, 0.3) is 0 Å². The van der Waals surface area contributed by atoms with Gasteiger partial charge in [0.15, 0.2) is 9.84 Å². The molecule has 2 saturated heterocycles. The maximum atomic E-state index is 12.3. The van der Waals surface area contributed by atoms with Crippen molar-refractivity contribution in [2.45, 2.75) is 25.7 Å². The zero-order chi connectivity index (χ0) is 13.9. The highest BCUT2D eigenvalue weighted by molar-refractivity contribution is 7.91. The molecule has 1 atom stereocenters. The van der Waals surface area contributed by atoms with Crippen molar-refractivity contribution in [2.24, 2.45) is 11.8 Å². The summed E-state index contributed by atoms with van der Waals surface area (Å²) >= 11 is 0. The Labute approximate surface area is 115 Å². The van der Waals surface area contributed by atoms with Crippen LogP contribution in [0.15, 0.2) is 0 Å².